The Morgan fingerprint density at radius 1 is 1.48 bits per heavy atom. The Balaban J connectivity index is 2.12. The molecule has 2 rings (SSSR count). The molecule has 0 aliphatic carbocycles. The van der Waals surface area contributed by atoms with Crippen LogP contribution in [0.2, 0.25) is 0 Å². The molecule has 7 heteroatoms. The number of carboxylic acid groups (broad SMARTS) is 1. The van der Waals surface area contributed by atoms with Crippen LogP contribution in [0, 0.1) is 0 Å². The van der Waals surface area contributed by atoms with Crippen LogP contribution in [0.1, 0.15) is 23.2 Å². The van der Waals surface area contributed by atoms with Crippen molar-refractivity contribution >= 4 is 17.6 Å². The van der Waals surface area contributed by atoms with Gasteiger partial charge < -0.3 is 25.6 Å². The van der Waals surface area contributed by atoms with Crippen LogP contribution in [0.4, 0.5) is 5.69 Å². The summed E-state index contributed by atoms with van der Waals surface area (Å²) in [4.78, 5) is 23.3. The van der Waals surface area contributed by atoms with Crippen molar-refractivity contribution in [1.29, 1.82) is 0 Å². The number of amides is 1. The Hall–Kier alpha value is -2.12. The van der Waals surface area contributed by atoms with Gasteiger partial charge in [-0.1, -0.05) is 0 Å². The number of aromatic carboxylic acids is 1. The van der Waals surface area contributed by atoms with Crippen LogP contribution in [-0.4, -0.2) is 42.8 Å². The molecule has 0 saturated carbocycles. The summed E-state index contributed by atoms with van der Waals surface area (Å²) < 4.78 is 10.5. The monoisotopic (exact) mass is 294 g/mol. The number of nitrogens with two attached hydrogens (primary N) is 1. The topological polar surface area (TPSA) is 111 Å². The van der Waals surface area contributed by atoms with E-state index in [1.807, 2.05) is 0 Å². The van der Waals surface area contributed by atoms with Crippen LogP contribution in [0.15, 0.2) is 18.2 Å². The molecule has 7 nitrogen and oxygen atoms in total. The Morgan fingerprint density at radius 3 is 2.81 bits per heavy atom. The van der Waals surface area contributed by atoms with Gasteiger partial charge in [0.15, 0.2) is 0 Å². The molecule has 4 N–H and O–H groups in total. The molecule has 0 aromatic heterocycles. The van der Waals surface area contributed by atoms with Crippen molar-refractivity contribution in [2.75, 3.05) is 19.0 Å². The standard InChI is InChI=1S/C14H18N2O5/c1-20-8-2-4-11(10(6-8)14(18)19)16-13(17)12-5-3-9(7-15)21-12/h2,4,6,9,12H,3,5,7,15H2,1H3,(H,16,17)(H,18,19). The number of hydrogen-bond acceptors (Lipinski definition) is 5. The first-order valence-corrected chi connectivity index (χ1v) is 6.63. The van der Waals surface area contributed by atoms with Crippen molar-refractivity contribution < 1.29 is 24.2 Å². The Bertz CT molecular complexity index is 546. The van der Waals surface area contributed by atoms with Crippen LogP contribution >= 0.6 is 0 Å². The molecule has 1 heterocycles. The lowest BCUT2D eigenvalue weighted by molar-refractivity contribution is -0.126. The van der Waals surface area contributed by atoms with Crippen molar-refractivity contribution in [3.05, 3.63) is 23.8 Å². The van der Waals surface area contributed by atoms with E-state index in [4.69, 9.17) is 15.2 Å². The Kier molecular flexibility index (Phi) is 4.77. The molecular formula is C14H18N2O5. The number of carbonyl (C=O) groups excluding carboxylic acids is 1. The summed E-state index contributed by atoms with van der Waals surface area (Å²) in [5.41, 5.74) is 5.68. The Morgan fingerprint density at radius 2 is 2.24 bits per heavy atom. The van der Waals surface area contributed by atoms with Crippen LogP contribution in [-0.2, 0) is 9.53 Å². The van der Waals surface area contributed by atoms with Gasteiger partial charge in [-0.05, 0) is 31.0 Å². The molecule has 2 atom stereocenters. The number of methoxy groups -OCH3 is 1. The summed E-state index contributed by atoms with van der Waals surface area (Å²) in [5, 5.41) is 11.8. The third-order valence-corrected chi connectivity index (χ3v) is 3.38. The SMILES string of the molecule is COc1ccc(NC(=O)C2CCC(CN)O2)c(C(=O)O)c1. The average Bonchev–Trinajstić information content (AvgIpc) is 2.96. The minimum Gasteiger partial charge on any atom is -0.497 e. The maximum atomic E-state index is 12.1. The van der Waals surface area contributed by atoms with E-state index in [2.05, 4.69) is 5.32 Å². The molecule has 1 aromatic carbocycles. The van der Waals surface area contributed by atoms with E-state index in [1.165, 1.54) is 19.2 Å². The number of ether oxygens (including phenoxy) is 2. The summed E-state index contributed by atoms with van der Waals surface area (Å²) in [6, 6.07) is 4.44. The van der Waals surface area contributed by atoms with Crippen LogP contribution in [0.3, 0.4) is 0 Å². The minimum absolute atomic E-state index is 0.0314. The molecule has 1 aliphatic rings. The molecule has 1 fully saturated rings. The van der Waals surface area contributed by atoms with Gasteiger partial charge in [0.2, 0.25) is 0 Å². The van der Waals surface area contributed by atoms with E-state index in [1.54, 1.807) is 6.07 Å². The first-order chi connectivity index (χ1) is 10.0. The van der Waals surface area contributed by atoms with Gasteiger partial charge in [0.1, 0.15) is 11.9 Å². The molecule has 114 valence electrons. The van der Waals surface area contributed by atoms with Gasteiger partial charge in [0.25, 0.3) is 5.91 Å². The highest BCUT2D eigenvalue weighted by atomic mass is 16.5. The lowest BCUT2D eigenvalue weighted by atomic mass is 10.1. The molecule has 21 heavy (non-hydrogen) atoms. The zero-order valence-corrected chi connectivity index (χ0v) is 11.7. The van der Waals surface area contributed by atoms with Gasteiger partial charge in [0, 0.05) is 6.54 Å². The Labute approximate surface area is 122 Å². The number of carbonyl (C=O) groups is 2. The van der Waals surface area contributed by atoms with Gasteiger partial charge in [0.05, 0.1) is 24.5 Å². The smallest absolute Gasteiger partial charge is 0.337 e. The first-order valence-electron chi connectivity index (χ1n) is 6.63. The molecule has 1 aliphatic heterocycles. The van der Waals surface area contributed by atoms with E-state index in [0.29, 0.717) is 18.7 Å². The van der Waals surface area contributed by atoms with E-state index >= 15 is 0 Å². The summed E-state index contributed by atoms with van der Waals surface area (Å²) in [7, 11) is 1.44. The highest BCUT2D eigenvalue weighted by Crippen LogP contribution is 2.24. The van der Waals surface area contributed by atoms with Crippen molar-refractivity contribution in [1.82, 2.24) is 0 Å². The van der Waals surface area contributed by atoms with Gasteiger partial charge in [-0.15, -0.1) is 0 Å². The molecule has 0 bridgehead atoms. The van der Waals surface area contributed by atoms with Crippen LogP contribution in [0.5, 0.6) is 5.75 Å². The summed E-state index contributed by atoms with van der Waals surface area (Å²) in [6.07, 6.45) is 0.591. The van der Waals surface area contributed by atoms with Gasteiger partial charge in [-0.3, -0.25) is 4.79 Å². The molecule has 2 unspecified atom stereocenters. The normalized spacial score (nSPS) is 21.0. The highest BCUT2D eigenvalue weighted by Gasteiger charge is 2.30. The predicted molar refractivity (Wildman–Crippen MR) is 75.5 cm³/mol. The number of anilines is 1. The maximum absolute atomic E-state index is 12.1. The number of benzene rings is 1. The lowest BCUT2D eigenvalue weighted by Crippen LogP contribution is -2.30. The summed E-state index contributed by atoms with van der Waals surface area (Å²) in [5.74, 6) is -1.10. The maximum Gasteiger partial charge on any atom is 0.337 e. The number of carboxylic acids is 1. The lowest BCUT2D eigenvalue weighted by Gasteiger charge is -2.14. The molecule has 1 saturated heterocycles. The first kappa shape index (κ1) is 15.3. The van der Waals surface area contributed by atoms with Gasteiger partial charge >= 0.3 is 5.97 Å². The van der Waals surface area contributed by atoms with E-state index in [0.717, 1.165) is 6.42 Å². The molecule has 1 aromatic rings. The van der Waals surface area contributed by atoms with Gasteiger partial charge in [-0.25, -0.2) is 4.79 Å². The van der Waals surface area contributed by atoms with E-state index < -0.39 is 12.1 Å². The molecule has 1 amide bonds. The highest BCUT2D eigenvalue weighted by molar-refractivity contribution is 6.02. The zero-order valence-electron chi connectivity index (χ0n) is 11.7. The summed E-state index contributed by atoms with van der Waals surface area (Å²) in [6.45, 7) is 0.368. The largest absolute Gasteiger partial charge is 0.497 e. The molecule has 0 spiro atoms. The van der Waals surface area contributed by atoms with E-state index in [-0.39, 0.29) is 23.3 Å². The predicted octanol–water partition coefficient (Wildman–Crippen LogP) is 0.838. The number of nitrogens with one attached hydrogen (secondary N) is 1. The number of rotatable bonds is 5. The van der Waals surface area contributed by atoms with Crippen LogP contribution in [0.25, 0.3) is 0 Å². The molecular weight excluding hydrogens is 276 g/mol. The van der Waals surface area contributed by atoms with Crippen molar-refractivity contribution in [2.45, 2.75) is 25.0 Å². The van der Waals surface area contributed by atoms with Crippen LogP contribution < -0.4 is 15.8 Å². The fourth-order valence-electron chi connectivity index (χ4n) is 2.22. The third kappa shape index (κ3) is 3.50. The second-order valence-electron chi connectivity index (χ2n) is 4.77. The fourth-order valence-corrected chi connectivity index (χ4v) is 2.22. The summed E-state index contributed by atoms with van der Waals surface area (Å²) >= 11 is 0. The third-order valence-electron chi connectivity index (χ3n) is 3.38. The quantitative estimate of drug-likeness (QED) is 0.742. The molecule has 0 radical (unpaired) electrons. The average molecular weight is 294 g/mol. The van der Waals surface area contributed by atoms with Crippen molar-refractivity contribution in [3.63, 3.8) is 0 Å². The zero-order chi connectivity index (χ0) is 15.4. The van der Waals surface area contributed by atoms with Crippen molar-refractivity contribution in [2.24, 2.45) is 5.73 Å². The minimum atomic E-state index is -1.14. The van der Waals surface area contributed by atoms with Gasteiger partial charge in [-0.2, -0.15) is 0 Å². The second-order valence-corrected chi connectivity index (χ2v) is 4.77. The van der Waals surface area contributed by atoms with E-state index in [9.17, 15) is 14.7 Å². The fraction of sp³-hybridized carbons (Fsp3) is 0.429. The number of hydrogen-bond donors (Lipinski definition) is 3. The second kappa shape index (κ2) is 6.55. The van der Waals surface area contributed by atoms with Crippen molar-refractivity contribution in [3.8, 4) is 5.75 Å².